The van der Waals surface area contributed by atoms with E-state index in [-0.39, 0.29) is 17.3 Å². The smallest absolute Gasteiger partial charge is 0.300 e. The number of para-hydroxylation sites is 1. The molecule has 200 valence electrons. The molecule has 0 aliphatic carbocycles. The van der Waals surface area contributed by atoms with E-state index in [4.69, 9.17) is 9.47 Å². The summed E-state index contributed by atoms with van der Waals surface area (Å²) >= 11 is 0. The number of aliphatic hydroxyl groups is 1. The quantitative estimate of drug-likeness (QED) is 0.170. The number of H-pyrrole nitrogens is 1. The number of rotatable bonds is 6. The van der Waals surface area contributed by atoms with Gasteiger partial charge in [-0.15, -0.1) is 0 Å². The molecule has 0 bridgehead atoms. The number of benzene rings is 3. The minimum atomic E-state index is -0.849. The second kappa shape index (κ2) is 9.98. The average Bonchev–Trinajstić information content (AvgIpc) is 3.39. The standard InChI is InChI=1S/C32H32N2O5/c1-17(2)23-16-24(18(3)15-26(23)39-6)30(35)28-29(27-19(4)33-25-10-8-7-9-22(25)27)34(32(37)31(28)36)20-11-13-21(38-5)14-12-20/h7-17,29,33,35H,1-6H3/b30-28+. The minimum Gasteiger partial charge on any atom is -0.507 e. The third-order valence-corrected chi connectivity index (χ3v) is 7.47. The van der Waals surface area contributed by atoms with Crippen LogP contribution in [0.2, 0.25) is 0 Å². The molecule has 1 saturated heterocycles. The third-order valence-electron chi connectivity index (χ3n) is 7.47. The van der Waals surface area contributed by atoms with Crippen molar-refractivity contribution in [2.24, 2.45) is 0 Å². The number of aromatic amines is 1. The van der Waals surface area contributed by atoms with Crippen LogP contribution >= 0.6 is 0 Å². The van der Waals surface area contributed by atoms with Crippen molar-refractivity contribution in [3.8, 4) is 11.5 Å². The van der Waals surface area contributed by atoms with Gasteiger partial charge in [-0.1, -0.05) is 32.0 Å². The van der Waals surface area contributed by atoms with Gasteiger partial charge in [0.15, 0.2) is 0 Å². The number of ether oxygens (including phenoxy) is 2. The number of nitrogens with one attached hydrogen (secondary N) is 1. The number of hydrogen-bond acceptors (Lipinski definition) is 5. The van der Waals surface area contributed by atoms with Crippen molar-refractivity contribution >= 4 is 34.0 Å². The van der Waals surface area contributed by atoms with Crippen LogP contribution in [-0.4, -0.2) is 36.0 Å². The summed E-state index contributed by atoms with van der Waals surface area (Å²) in [5.41, 5.74) is 5.15. The number of aromatic nitrogens is 1. The van der Waals surface area contributed by atoms with Crippen LogP contribution < -0.4 is 14.4 Å². The van der Waals surface area contributed by atoms with E-state index >= 15 is 0 Å². The Balaban J connectivity index is 1.81. The lowest BCUT2D eigenvalue weighted by molar-refractivity contribution is -0.132. The van der Waals surface area contributed by atoms with Crippen LogP contribution in [-0.2, 0) is 9.59 Å². The van der Waals surface area contributed by atoms with E-state index in [1.54, 1.807) is 38.5 Å². The second-order valence-corrected chi connectivity index (χ2v) is 10.1. The first-order valence-electron chi connectivity index (χ1n) is 12.9. The highest BCUT2D eigenvalue weighted by Gasteiger charge is 2.48. The molecule has 5 rings (SSSR count). The first-order valence-corrected chi connectivity index (χ1v) is 12.9. The summed E-state index contributed by atoms with van der Waals surface area (Å²) < 4.78 is 10.9. The van der Waals surface area contributed by atoms with Crippen molar-refractivity contribution in [2.75, 3.05) is 19.1 Å². The van der Waals surface area contributed by atoms with Crippen molar-refractivity contribution in [1.29, 1.82) is 0 Å². The van der Waals surface area contributed by atoms with Gasteiger partial charge in [0, 0.05) is 33.4 Å². The van der Waals surface area contributed by atoms with Crippen LogP contribution in [0.5, 0.6) is 11.5 Å². The molecule has 7 nitrogen and oxygen atoms in total. The number of aryl methyl sites for hydroxylation is 2. The molecule has 1 aromatic heterocycles. The number of carbonyl (C=O) groups excluding carboxylic acids is 2. The Labute approximate surface area is 227 Å². The molecule has 1 amide bonds. The molecule has 0 radical (unpaired) electrons. The highest BCUT2D eigenvalue weighted by atomic mass is 16.5. The van der Waals surface area contributed by atoms with E-state index in [9.17, 15) is 14.7 Å². The van der Waals surface area contributed by atoms with E-state index in [1.807, 2.05) is 64.1 Å². The number of fused-ring (bicyclic) bond motifs is 1. The molecule has 7 heteroatoms. The number of nitrogens with zero attached hydrogens (tertiary/aromatic N) is 1. The molecular weight excluding hydrogens is 492 g/mol. The van der Waals surface area contributed by atoms with Crippen molar-refractivity contribution in [1.82, 2.24) is 4.98 Å². The number of aliphatic hydroxyl groups excluding tert-OH is 1. The van der Waals surface area contributed by atoms with Gasteiger partial charge in [-0.3, -0.25) is 14.5 Å². The Morgan fingerprint density at radius 2 is 1.67 bits per heavy atom. The van der Waals surface area contributed by atoms with E-state index in [0.717, 1.165) is 33.3 Å². The van der Waals surface area contributed by atoms with Crippen molar-refractivity contribution in [3.05, 3.63) is 94.2 Å². The van der Waals surface area contributed by atoms with Crippen LogP contribution in [0, 0.1) is 13.8 Å². The largest absolute Gasteiger partial charge is 0.507 e. The number of ketones is 1. The van der Waals surface area contributed by atoms with Crippen LogP contribution in [0.4, 0.5) is 5.69 Å². The van der Waals surface area contributed by atoms with Crippen molar-refractivity contribution in [3.63, 3.8) is 0 Å². The van der Waals surface area contributed by atoms with Gasteiger partial charge in [-0.2, -0.15) is 0 Å². The van der Waals surface area contributed by atoms with E-state index < -0.39 is 17.7 Å². The number of carbonyl (C=O) groups is 2. The maximum Gasteiger partial charge on any atom is 0.300 e. The molecule has 1 fully saturated rings. The molecule has 0 spiro atoms. The van der Waals surface area contributed by atoms with Gasteiger partial charge >= 0.3 is 0 Å². The summed E-state index contributed by atoms with van der Waals surface area (Å²) in [5, 5.41) is 12.7. The number of methoxy groups -OCH3 is 2. The maximum atomic E-state index is 13.8. The monoisotopic (exact) mass is 524 g/mol. The molecule has 1 aliphatic heterocycles. The van der Waals surface area contributed by atoms with Gasteiger partial charge in [-0.05, 0) is 73.4 Å². The molecular formula is C32H32N2O5. The summed E-state index contributed by atoms with van der Waals surface area (Å²) in [7, 11) is 3.18. The number of Topliss-reactive ketones (excluding diaryl/α,β-unsaturated/α-hetero) is 1. The maximum absolute atomic E-state index is 13.8. The molecule has 1 unspecified atom stereocenters. The first kappa shape index (κ1) is 26.1. The fraction of sp³-hybridized carbons (Fsp3) is 0.250. The van der Waals surface area contributed by atoms with Gasteiger partial charge < -0.3 is 19.6 Å². The second-order valence-electron chi connectivity index (χ2n) is 10.1. The van der Waals surface area contributed by atoms with Gasteiger partial charge in [0.05, 0.1) is 25.8 Å². The SMILES string of the molecule is COc1ccc(N2C(=O)C(=O)/C(=C(/O)c3cc(C(C)C)c(OC)cc3C)C2c2c(C)[nH]c3ccccc23)cc1. The predicted octanol–water partition coefficient (Wildman–Crippen LogP) is 6.55. The molecule has 3 aromatic carbocycles. The van der Waals surface area contributed by atoms with Gasteiger partial charge in [-0.25, -0.2) is 0 Å². The summed E-state index contributed by atoms with van der Waals surface area (Å²) in [5.74, 6) is -0.195. The van der Waals surface area contributed by atoms with Crippen LogP contribution in [0.3, 0.4) is 0 Å². The number of amides is 1. The van der Waals surface area contributed by atoms with Crippen LogP contribution in [0.25, 0.3) is 16.7 Å². The van der Waals surface area contributed by atoms with E-state index in [1.165, 1.54) is 4.90 Å². The molecule has 2 heterocycles. The fourth-order valence-electron chi connectivity index (χ4n) is 5.49. The Kier molecular flexibility index (Phi) is 6.68. The first-order chi connectivity index (χ1) is 18.7. The topological polar surface area (TPSA) is 91.9 Å². The Hall–Kier alpha value is -4.52. The summed E-state index contributed by atoms with van der Waals surface area (Å²) in [4.78, 5) is 32.3. The summed E-state index contributed by atoms with van der Waals surface area (Å²) in [6.07, 6.45) is 0. The summed E-state index contributed by atoms with van der Waals surface area (Å²) in [6.45, 7) is 7.84. The van der Waals surface area contributed by atoms with Crippen molar-refractivity contribution in [2.45, 2.75) is 39.7 Å². The molecule has 4 aromatic rings. The molecule has 1 aliphatic rings. The van der Waals surface area contributed by atoms with Crippen LogP contribution in [0.15, 0.2) is 66.2 Å². The predicted molar refractivity (Wildman–Crippen MR) is 153 cm³/mol. The van der Waals surface area contributed by atoms with E-state index in [2.05, 4.69) is 4.98 Å². The normalized spacial score (nSPS) is 16.9. The highest BCUT2D eigenvalue weighted by Crippen LogP contribution is 2.46. The van der Waals surface area contributed by atoms with Gasteiger partial charge in [0.2, 0.25) is 0 Å². The van der Waals surface area contributed by atoms with Crippen LogP contribution in [0.1, 0.15) is 53.8 Å². The number of anilines is 1. The Morgan fingerprint density at radius 3 is 2.31 bits per heavy atom. The lowest BCUT2D eigenvalue weighted by Gasteiger charge is -2.26. The highest BCUT2D eigenvalue weighted by molar-refractivity contribution is 6.52. The zero-order valence-electron chi connectivity index (χ0n) is 23.0. The average molecular weight is 525 g/mol. The molecule has 39 heavy (non-hydrogen) atoms. The molecule has 1 atom stereocenters. The van der Waals surface area contributed by atoms with E-state index in [0.29, 0.717) is 22.7 Å². The fourth-order valence-corrected chi connectivity index (χ4v) is 5.49. The zero-order chi connectivity index (χ0) is 28.0. The summed E-state index contributed by atoms with van der Waals surface area (Å²) in [6, 6.07) is 17.6. The lowest BCUT2D eigenvalue weighted by Crippen LogP contribution is -2.29. The zero-order valence-corrected chi connectivity index (χ0v) is 23.0. The lowest BCUT2D eigenvalue weighted by atomic mass is 9.90. The molecule has 2 N–H and O–H groups in total. The van der Waals surface area contributed by atoms with Gasteiger partial charge in [0.1, 0.15) is 17.3 Å². The van der Waals surface area contributed by atoms with Crippen molar-refractivity contribution < 1.29 is 24.2 Å². The Morgan fingerprint density at radius 1 is 0.974 bits per heavy atom. The number of hydrogen-bond donors (Lipinski definition) is 2. The minimum absolute atomic E-state index is 0.0478. The third kappa shape index (κ3) is 4.24. The molecule has 0 saturated carbocycles. The Bertz CT molecular complexity index is 1630. The van der Waals surface area contributed by atoms with Gasteiger partial charge in [0.25, 0.3) is 11.7 Å².